The fourth-order valence-corrected chi connectivity index (χ4v) is 2.58. The molecule has 2 saturated carbocycles. The summed E-state index contributed by atoms with van der Waals surface area (Å²) in [6.07, 6.45) is 8.01. The first kappa shape index (κ1) is 13.8. The van der Waals surface area contributed by atoms with Gasteiger partial charge in [0.1, 0.15) is 0 Å². The Morgan fingerprint density at radius 2 is 1.88 bits per heavy atom. The Bertz CT molecular complexity index is 231. The molecule has 0 unspecified atom stereocenters. The summed E-state index contributed by atoms with van der Waals surface area (Å²) in [6, 6.07) is 0.263. The first-order valence-corrected chi connectivity index (χ1v) is 6.28. The van der Waals surface area contributed by atoms with Gasteiger partial charge in [-0.1, -0.05) is 12.8 Å². The minimum absolute atomic E-state index is 0. The minimum Gasteiger partial charge on any atom is -0.356 e. The fraction of sp³-hybridized carbons (Fsp3) is 0.917. The van der Waals surface area contributed by atoms with Crippen LogP contribution in [0.15, 0.2) is 0 Å². The number of hydrogen-bond acceptors (Lipinski definition) is 2. The predicted octanol–water partition coefficient (Wildman–Crippen LogP) is 1.84. The molecule has 4 heteroatoms. The smallest absolute Gasteiger partial charge is 0.220 e. The molecule has 0 spiro atoms. The molecule has 0 saturated heterocycles. The van der Waals surface area contributed by atoms with E-state index in [0.29, 0.717) is 12.3 Å². The van der Waals surface area contributed by atoms with E-state index in [0.717, 1.165) is 25.3 Å². The molecule has 0 bridgehead atoms. The molecule has 2 rings (SSSR count). The van der Waals surface area contributed by atoms with Crippen molar-refractivity contribution in [3.05, 3.63) is 0 Å². The molecule has 0 radical (unpaired) electrons. The van der Waals surface area contributed by atoms with Gasteiger partial charge in [-0.2, -0.15) is 0 Å². The van der Waals surface area contributed by atoms with Gasteiger partial charge in [0.25, 0.3) is 0 Å². The van der Waals surface area contributed by atoms with Gasteiger partial charge in [-0.25, -0.2) is 0 Å². The molecule has 3 nitrogen and oxygen atoms in total. The molecule has 0 aromatic rings. The van der Waals surface area contributed by atoms with Crippen molar-refractivity contribution < 1.29 is 4.79 Å². The van der Waals surface area contributed by atoms with Crippen LogP contribution < -0.4 is 11.1 Å². The van der Waals surface area contributed by atoms with Crippen molar-refractivity contribution in [2.45, 2.75) is 51.0 Å². The number of nitrogens with one attached hydrogen (secondary N) is 1. The zero-order valence-corrected chi connectivity index (χ0v) is 10.6. The van der Waals surface area contributed by atoms with Crippen molar-refractivity contribution >= 4 is 18.3 Å². The Kier molecular flexibility index (Phi) is 5.56. The standard InChI is InChI=1S/C12H22N2O.ClH/c13-11-6-2-5-10(11)7-12(15)14-8-9-3-1-4-9;/h9-11H,1-8,13H2,(H,14,15);1H/t10-,11+;/m0./s1. The van der Waals surface area contributed by atoms with E-state index in [1.165, 1.54) is 25.7 Å². The lowest BCUT2D eigenvalue weighted by atomic mass is 9.85. The lowest BCUT2D eigenvalue weighted by Gasteiger charge is -2.25. The van der Waals surface area contributed by atoms with Gasteiger partial charge in [0, 0.05) is 19.0 Å². The Hall–Kier alpha value is -0.280. The van der Waals surface area contributed by atoms with Crippen LogP contribution >= 0.6 is 12.4 Å². The Balaban J connectivity index is 0.00000128. The van der Waals surface area contributed by atoms with Gasteiger partial charge in [-0.15, -0.1) is 12.4 Å². The summed E-state index contributed by atoms with van der Waals surface area (Å²) in [7, 11) is 0. The Morgan fingerprint density at radius 3 is 2.38 bits per heavy atom. The van der Waals surface area contributed by atoms with Crippen LogP contribution in [-0.4, -0.2) is 18.5 Å². The van der Waals surface area contributed by atoms with Crippen LogP contribution in [0.3, 0.4) is 0 Å². The summed E-state index contributed by atoms with van der Waals surface area (Å²) in [5.74, 6) is 1.40. The van der Waals surface area contributed by atoms with Crippen molar-refractivity contribution in [2.24, 2.45) is 17.6 Å². The molecule has 2 aliphatic carbocycles. The summed E-state index contributed by atoms with van der Waals surface area (Å²) in [4.78, 5) is 11.6. The number of halogens is 1. The van der Waals surface area contributed by atoms with Gasteiger partial charge in [-0.05, 0) is 37.5 Å². The summed E-state index contributed by atoms with van der Waals surface area (Å²) >= 11 is 0. The van der Waals surface area contributed by atoms with Crippen LogP contribution in [0, 0.1) is 11.8 Å². The zero-order chi connectivity index (χ0) is 10.7. The van der Waals surface area contributed by atoms with E-state index in [1.54, 1.807) is 0 Å². The first-order chi connectivity index (χ1) is 7.25. The van der Waals surface area contributed by atoms with Gasteiger partial charge in [-0.3, -0.25) is 4.79 Å². The Labute approximate surface area is 104 Å². The normalized spacial score (nSPS) is 29.3. The van der Waals surface area contributed by atoms with E-state index in [2.05, 4.69) is 5.32 Å². The second-order valence-corrected chi connectivity index (χ2v) is 5.16. The lowest BCUT2D eigenvalue weighted by Crippen LogP contribution is -2.35. The molecule has 0 aromatic carbocycles. The number of carbonyl (C=O) groups is 1. The Morgan fingerprint density at radius 1 is 1.19 bits per heavy atom. The van der Waals surface area contributed by atoms with Crippen molar-refractivity contribution in [3.8, 4) is 0 Å². The summed E-state index contributed by atoms with van der Waals surface area (Å²) in [5.41, 5.74) is 5.94. The van der Waals surface area contributed by atoms with E-state index in [1.807, 2.05) is 0 Å². The molecule has 0 aromatic heterocycles. The van der Waals surface area contributed by atoms with Gasteiger partial charge >= 0.3 is 0 Å². The fourth-order valence-electron chi connectivity index (χ4n) is 2.58. The maximum absolute atomic E-state index is 11.6. The second kappa shape index (κ2) is 6.45. The molecule has 16 heavy (non-hydrogen) atoms. The molecule has 94 valence electrons. The number of rotatable bonds is 4. The van der Waals surface area contributed by atoms with Gasteiger partial charge in [0.15, 0.2) is 0 Å². The van der Waals surface area contributed by atoms with Crippen LogP contribution in [0.4, 0.5) is 0 Å². The monoisotopic (exact) mass is 246 g/mol. The van der Waals surface area contributed by atoms with Crippen molar-refractivity contribution in [1.29, 1.82) is 0 Å². The maximum atomic E-state index is 11.6. The van der Waals surface area contributed by atoms with Gasteiger partial charge in [0.05, 0.1) is 0 Å². The van der Waals surface area contributed by atoms with Crippen molar-refractivity contribution in [2.75, 3.05) is 6.54 Å². The maximum Gasteiger partial charge on any atom is 0.220 e. The molecule has 1 amide bonds. The van der Waals surface area contributed by atoms with E-state index < -0.39 is 0 Å². The molecule has 2 fully saturated rings. The average Bonchev–Trinajstić information content (AvgIpc) is 2.49. The third-order valence-electron chi connectivity index (χ3n) is 3.98. The van der Waals surface area contributed by atoms with Crippen molar-refractivity contribution in [3.63, 3.8) is 0 Å². The van der Waals surface area contributed by atoms with Crippen LogP contribution in [0.5, 0.6) is 0 Å². The SMILES string of the molecule is Cl.N[C@@H]1CCC[C@H]1CC(=O)NCC1CCC1. The highest BCUT2D eigenvalue weighted by Crippen LogP contribution is 2.27. The minimum atomic E-state index is 0. The largest absolute Gasteiger partial charge is 0.356 e. The summed E-state index contributed by atoms with van der Waals surface area (Å²) in [6.45, 7) is 0.890. The number of hydrogen-bond donors (Lipinski definition) is 2. The molecule has 3 N–H and O–H groups in total. The predicted molar refractivity (Wildman–Crippen MR) is 67.5 cm³/mol. The van der Waals surface area contributed by atoms with E-state index in [4.69, 9.17) is 5.73 Å². The van der Waals surface area contributed by atoms with Crippen LogP contribution in [0.2, 0.25) is 0 Å². The molecule has 2 aliphatic rings. The van der Waals surface area contributed by atoms with Crippen LogP contribution in [-0.2, 0) is 4.79 Å². The van der Waals surface area contributed by atoms with Crippen LogP contribution in [0.1, 0.15) is 44.9 Å². The molecule has 0 aliphatic heterocycles. The second-order valence-electron chi connectivity index (χ2n) is 5.16. The summed E-state index contributed by atoms with van der Waals surface area (Å²) in [5, 5.41) is 3.04. The number of amides is 1. The molecule has 2 atom stereocenters. The third kappa shape index (κ3) is 3.63. The molecular weight excluding hydrogens is 224 g/mol. The highest BCUT2D eigenvalue weighted by atomic mass is 35.5. The lowest BCUT2D eigenvalue weighted by molar-refractivity contribution is -0.122. The number of nitrogens with two attached hydrogens (primary N) is 1. The molecular formula is C12H23ClN2O. The average molecular weight is 247 g/mol. The summed E-state index contributed by atoms with van der Waals surface area (Å²) < 4.78 is 0. The van der Waals surface area contributed by atoms with Gasteiger partial charge < -0.3 is 11.1 Å². The zero-order valence-electron chi connectivity index (χ0n) is 9.78. The number of carbonyl (C=O) groups excluding carboxylic acids is 1. The highest BCUT2D eigenvalue weighted by Gasteiger charge is 2.26. The third-order valence-corrected chi connectivity index (χ3v) is 3.98. The van der Waals surface area contributed by atoms with Gasteiger partial charge in [0.2, 0.25) is 5.91 Å². The topological polar surface area (TPSA) is 55.1 Å². The van der Waals surface area contributed by atoms with E-state index >= 15 is 0 Å². The van der Waals surface area contributed by atoms with Crippen LogP contribution in [0.25, 0.3) is 0 Å². The molecule has 0 heterocycles. The quantitative estimate of drug-likeness (QED) is 0.796. The highest BCUT2D eigenvalue weighted by molar-refractivity contribution is 5.85. The van der Waals surface area contributed by atoms with E-state index in [9.17, 15) is 4.79 Å². The van der Waals surface area contributed by atoms with E-state index in [-0.39, 0.29) is 24.4 Å². The van der Waals surface area contributed by atoms with Crippen molar-refractivity contribution in [1.82, 2.24) is 5.32 Å². The first-order valence-electron chi connectivity index (χ1n) is 6.28.